The summed E-state index contributed by atoms with van der Waals surface area (Å²) in [5.74, 6) is 0. The molecular weight excluding hydrogens is 323 g/mol. The first-order valence-corrected chi connectivity index (χ1v) is 0.651. The minimum absolute atomic E-state index is 0. The van der Waals surface area contributed by atoms with Crippen LogP contribution in [0, 0.1) is 35.6 Å². The van der Waals surface area contributed by atoms with Crippen LogP contribution in [0.5, 0.6) is 0 Å². The normalized spacial score (nSPS) is 3.43. The summed E-state index contributed by atoms with van der Waals surface area (Å²) in [6.07, 6.45) is -1.83. The molecule has 0 spiro atoms. The summed E-state index contributed by atoms with van der Waals surface area (Å²) >= 11 is 0. The summed E-state index contributed by atoms with van der Waals surface area (Å²) < 4.78 is 0. The van der Waals surface area contributed by atoms with E-state index in [2.05, 4.69) is 0 Å². The van der Waals surface area contributed by atoms with Crippen molar-refractivity contribution in [2.75, 3.05) is 0 Å². The Morgan fingerprint density at radius 2 is 1.29 bits per heavy atom. The van der Waals surface area contributed by atoms with Crippen LogP contribution in [0.4, 0.5) is 4.79 Å². The van der Waals surface area contributed by atoms with E-state index in [4.69, 9.17) is 15.0 Å². The van der Waals surface area contributed by atoms with Gasteiger partial charge in [0.2, 0.25) is 0 Å². The van der Waals surface area contributed by atoms with Gasteiger partial charge in [-0.25, -0.2) is 4.79 Å². The quantitative estimate of drug-likeness (QED) is 0.687. The van der Waals surface area contributed by atoms with Crippen LogP contribution in [-0.2, 0) is 32.7 Å². The fraction of sp³-hybridized carbons (Fsp3) is 0. The van der Waals surface area contributed by atoms with Gasteiger partial charge in [0.1, 0.15) is 0 Å². The second kappa shape index (κ2) is 15.7. The average Bonchev–Trinajstić information content (AvgIpc) is 0.811. The third-order valence-corrected chi connectivity index (χ3v) is 0. The molecular formula is CH3ClLaO3Y. The summed E-state index contributed by atoms with van der Waals surface area (Å²) in [5, 5.41) is 13.9. The largest absolute Gasteiger partial charge is 0.503 e. The molecule has 0 aliphatic carbocycles. The summed E-state index contributed by atoms with van der Waals surface area (Å²) in [6.45, 7) is 0. The van der Waals surface area contributed by atoms with Crippen LogP contribution < -0.4 is 0 Å². The van der Waals surface area contributed by atoms with Crippen LogP contribution in [0.1, 0.15) is 0 Å². The Labute approximate surface area is 100 Å². The SMILES string of the molecule is Cl.O=C(O)O.[La].[Y]. The zero-order chi connectivity index (χ0) is 3.58. The Bertz CT molecular complexity index is 37.9. The Morgan fingerprint density at radius 1 is 1.29 bits per heavy atom. The van der Waals surface area contributed by atoms with Crippen molar-refractivity contribution in [3.05, 3.63) is 0 Å². The van der Waals surface area contributed by atoms with Gasteiger partial charge in [0.05, 0.1) is 0 Å². The van der Waals surface area contributed by atoms with E-state index in [0.717, 1.165) is 0 Å². The minimum Gasteiger partial charge on any atom is -0.450 e. The number of halogens is 1. The third-order valence-electron chi connectivity index (χ3n) is 0. The molecule has 0 fully saturated rings. The second-order valence-electron chi connectivity index (χ2n) is 0.283. The molecule has 0 aromatic heterocycles. The van der Waals surface area contributed by atoms with Gasteiger partial charge in [-0.3, -0.25) is 0 Å². The van der Waals surface area contributed by atoms with Gasteiger partial charge in [-0.15, -0.1) is 12.4 Å². The molecule has 0 unspecified atom stereocenters. The monoisotopic (exact) mass is 326 g/mol. The van der Waals surface area contributed by atoms with Crippen molar-refractivity contribution < 1.29 is 83.3 Å². The Kier molecular flexibility index (Phi) is 51.8. The number of hydrogen-bond acceptors (Lipinski definition) is 1. The van der Waals surface area contributed by atoms with E-state index in [-0.39, 0.29) is 80.7 Å². The van der Waals surface area contributed by atoms with Gasteiger partial charge >= 0.3 is 6.16 Å². The van der Waals surface area contributed by atoms with E-state index in [0.29, 0.717) is 0 Å². The maximum absolute atomic E-state index is 8.56. The summed E-state index contributed by atoms with van der Waals surface area (Å²) in [6, 6.07) is 0. The number of rotatable bonds is 0. The van der Waals surface area contributed by atoms with Crippen LogP contribution in [0.3, 0.4) is 0 Å². The maximum Gasteiger partial charge on any atom is 0.503 e. The molecule has 0 saturated heterocycles. The molecule has 0 aromatic rings. The van der Waals surface area contributed by atoms with Gasteiger partial charge in [-0.05, 0) is 0 Å². The van der Waals surface area contributed by atoms with Crippen molar-refractivity contribution in [3.63, 3.8) is 0 Å². The van der Waals surface area contributed by atoms with Crippen molar-refractivity contribution in [1.29, 1.82) is 0 Å². The molecule has 0 bridgehead atoms. The molecule has 2 N–H and O–H groups in total. The topological polar surface area (TPSA) is 57.5 Å². The second-order valence-corrected chi connectivity index (χ2v) is 0.283. The van der Waals surface area contributed by atoms with Crippen LogP contribution in [0.25, 0.3) is 0 Å². The Balaban J connectivity index is -0.0000000150. The van der Waals surface area contributed by atoms with Gasteiger partial charge in [0, 0.05) is 68.3 Å². The number of carbonyl (C=O) groups is 1. The van der Waals surface area contributed by atoms with Crippen molar-refractivity contribution in [2.45, 2.75) is 0 Å². The van der Waals surface area contributed by atoms with Crippen molar-refractivity contribution in [3.8, 4) is 0 Å². The van der Waals surface area contributed by atoms with Crippen LogP contribution in [-0.4, -0.2) is 16.4 Å². The first-order chi connectivity index (χ1) is 1.73. The van der Waals surface area contributed by atoms with E-state index in [9.17, 15) is 0 Å². The van der Waals surface area contributed by atoms with Crippen molar-refractivity contribution in [2.24, 2.45) is 0 Å². The molecule has 3 nitrogen and oxygen atoms in total. The average molecular weight is 326 g/mol. The predicted octanol–water partition coefficient (Wildman–Crippen LogP) is 0.642. The van der Waals surface area contributed by atoms with E-state index < -0.39 is 6.16 Å². The molecule has 0 aromatic carbocycles. The maximum atomic E-state index is 8.56. The number of hydrogen-bond donors (Lipinski definition) is 2. The molecule has 2 radical (unpaired) electrons. The summed E-state index contributed by atoms with van der Waals surface area (Å²) in [5.41, 5.74) is 0. The van der Waals surface area contributed by atoms with E-state index in [1.165, 1.54) is 0 Å². The summed E-state index contributed by atoms with van der Waals surface area (Å²) in [4.78, 5) is 8.56. The fourth-order valence-electron chi connectivity index (χ4n) is 0. The van der Waals surface area contributed by atoms with Gasteiger partial charge in [0.25, 0.3) is 0 Å². The standard InChI is InChI=1S/CH2O3.ClH.La.Y/c2-1(3)4;;;/h(H2,2,3,4);1H;;. The molecule has 0 amide bonds. The molecule has 38 valence electrons. The van der Waals surface area contributed by atoms with Gasteiger partial charge < -0.3 is 10.2 Å². The molecule has 0 saturated carbocycles. The smallest absolute Gasteiger partial charge is 0.450 e. The van der Waals surface area contributed by atoms with E-state index in [1.54, 1.807) is 0 Å². The van der Waals surface area contributed by atoms with Gasteiger partial charge in [0.15, 0.2) is 0 Å². The van der Waals surface area contributed by atoms with E-state index >= 15 is 0 Å². The molecule has 0 atom stereocenters. The first-order valence-electron chi connectivity index (χ1n) is 0.651. The summed E-state index contributed by atoms with van der Waals surface area (Å²) in [7, 11) is 0. The van der Waals surface area contributed by atoms with E-state index in [1.807, 2.05) is 0 Å². The molecule has 0 aliphatic rings. The van der Waals surface area contributed by atoms with Crippen molar-refractivity contribution >= 4 is 18.6 Å². The molecule has 0 heterocycles. The molecule has 7 heavy (non-hydrogen) atoms. The van der Waals surface area contributed by atoms with Gasteiger partial charge in [-0.1, -0.05) is 0 Å². The fourth-order valence-corrected chi connectivity index (χ4v) is 0. The Morgan fingerprint density at radius 3 is 1.29 bits per heavy atom. The third kappa shape index (κ3) is 78.1. The van der Waals surface area contributed by atoms with Crippen LogP contribution >= 0.6 is 12.4 Å². The molecule has 6 heteroatoms. The Hall–Kier alpha value is 1.86. The van der Waals surface area contributed by atoms with Crippen LogP contribution in [0.15, 0.2) is 0 Å². The first kappa shape index (κ1) is 23.2. The minimum atomic E-state index is -1.83. The molecule has 0 rings (SSSR count). The zero-order valence-electron chi connectivity index (χ0n) is 3.37. The van der Waals surface area contributed by atoms with Crippen molar-refractivity contribution in [1.82, 2.24) is 0 Å². The number of carboxylic acid groups (broad SMARTS) is 2. The van der Waals surface area contributed by atoms with Crippen LogP contribution in [0.2, 0.25) is 0 Å². The predicted molar refractivity (Wildman–Crippen MR) is 17.9 cm³/mol. The zero-order valence-corrected chi connectivity index (χ0v) is 10.6. The molecule has 0 aliphatic heterocycles. The van der Waals surface area contributed by atoms with Gasteiger partial charge in [-0.2, -0.15) is 0 Å².